The zero-order chi connectivity index (χ0) is 8.18. The first kappa shape index (κ1) is 7.34. The van der Waals surface area contributed by atoms with Gasteiger partial charge in [-0.05, 0) is 19.3 Å². The fraction of sp³-hybridized carbons (Fsp3) is 1.00. The number of aliphatic hydroxyl groups is 1. The molecule has 0 aromatic heterocycles. The largest absolute Gasteiger partial charge is 0.392 e. The van der Waals surface area contributed by atoms with Crippen LogP contribution in [0.2, 0.25) is 0 Å². The third kappa shape index (κ3) is 0.647. The predicted molar refractivity (Wildman–Crippen MR) is 44.8 cm³/mol. The lowest BCUT2D eigenvalue weighted by Gasteiger charge is -2.53. The molecule has 0 unspecified atom stereocenters. The van der Waals surface area contributed by atoms with E-state index in [1.165, 1.54) is 25.7 Å². The molecule has 2 nitrogen and oxygen atoms in total. The molecule has 3 rings (SSSR count). The maximum atomic E-state index is 9.99. The fourth-order valence-corrected chi connectivity index (χ4v) is 3.61. The minimum atomic E-state index is -0.0347. The van der Waals surface area contributed by atoms with Crippen LogP contribution in [-0.2, 0) is 4.74 Å². The second-order valence-electron chi connectivity index (χ2n) is 4.63. The Bertz CT molecular complexity index is 196. The van der Waals surface area contributed by atoms with Crippen LogP contribution in [0.15, 0.2) is 0 Å². The Balaban J connectivity index is 1.87. The summed E-state index contributed by atoms with van der Waals surface area (Å²) in [5, 5.41) is 9.99. The topological polar surface area (TPSA) is 29.5 Å². The molecule has 1 saturated heterocycles. The highest BCUT2D eigenvalue weighted by atomic mass is 16.5. The number of rotatable bonds is 0. The van der Waals surface area contributed by atoms with Gasteiger partial charge in [0, 0.05) is 17.9 Å². The highest BCUT2D eigenvalue weighted by Crippen LogP contribution is 2.60. The Hall–Kier alpha value is -0.0800. The van der Waals surface area contributed by atoms with Crippen LogP contribution in [0.5, 0.6) is 0 Å². The van der Waals surface area contributed by atoms with Gasteiger partial charge in [-0.3, -0.25) is 0 Å². The van der Waals surface area contributed by atoms with E-state index in [1.54, 1.807) is 0 Å². The zero-order valence-corrected chi connectivity index (χ0v) is 7.33. The maximum absolute atomic E-state index is 9.99. The molecular weight excluding hydrogens is 152 g/mol. The number of ether oxygens (including phenoxy) is 1. The van der Waals surface area contributed by atoms with Crippen molar-refractivity contribution in [2.45, 2.75) is 44.3 Å². The number of hydrogen-bond donors (Lipinski definition) is 1. The van der Waals surface area contributed by atoms with Crippen LogP contribution in [0.1, 0.15) is 32.1 Å². The van der Waals surface area contributed by atoms with Crippen LogP contribution in [0, 0.1) is 11.3 Å². The van der Waals surface area contributed by atoms with Crippen molar-refractivity contribution in [2.75, 3.05) is 6.61 Å². The maximum Gasteiger partial charge on any atom is 0.0709 e. The normalized spacial score (nSPS) is 49.2. The summed E-state index contributed by atoms with van der Waals surface area (Å²) in [4.78, 5) is 0. The first-order valence-electron chi connectivity index (χ1n) is 5.14. The Morgan fingerprint density at radius 3 is 2.75 bits per heavy atom. The quantitative estimate of drug-likeness (QED) is 0.591. The Morgan fingerprint density at radius 1 is 1.25 bits per heavy atom. The third-order valence-corrected chi connectivity index (χ3v) is 4.23. The minimum absolute atomic E-state index is 0.0347. The van der Waals surface area contributed by atoms with Crippen molar-refractivity contribution in [1.82, 2.24) is 0 Å². The van der Waals surface area contributed by atoms with E-state index in [4.69, 9.17) is 4.74 Å². The zero-order valence-electron chi connectivity index (χ0n) is 7.33. The first-order chi connectivity index (χ1) is 5.84. The summed E-state index contributed by atoms with van der Waals surface area (Å²) in [7, 11) is 0. The van der Waals surface area contributed by atoms with Gasteiger partial charge in [-0.1, -0.05) is 12.8 Å². The molecule has 3 fully saturated rings. The van der Waals surface area contributed by atoms with Gasteiger partial charge in [0.1, 0.15) is 0 Å². The third-order valence-electron chi connectivity index (χ3n) is 4.23. The van der Waals surface area contributed by atoms with Gasteiger partial charge in [-0.2, -0.15) is 0 Å². The summed E-state index contributed by atoms with van der Waals surface area (Å²) in [5.74, 6) is 0.489. The molecule has 0 aromatic carbocycles. The molecular formula is C10H16O2. The Labute approximate surface area is 72.9 Å². The van der Waals surface area contributed by atoms with Gasteiger partial charge < -0.3 is 9.84 Å². The van der Waals surface area contributed by atoms with Crippen LogP contribution in [0.25, 0.3) is 0 Å². The van der Waals surface area contributed by atoms with Crippen molar-refractivity contribution < 1.29 is 9.84 Å². The lowest BCUT2D eigenvalue weighted by molar-refractivity contribution is -0.196. The molecule has 3 aliphatic rings. The molecule has 0 aromatic rings. The van der Waals surface area contributed by atoms with Crippen molar-refractivity contribution in [1.29, 1.82) is 0 Å². The highest BCUT2D eigenvalue weighted by Gasteiger charge is 2.64. The van der Waals surface area contributed by atoms with Crippen LogP contribution >= 0.6 is 0 Å². The molecule has 1 heterocycles. The van der Waals surface area contributed by atoms with E-state index in [1.807, 2.05) is 0 Å². The molecule has 0 radical (unpaired) electrons. The molecule has 2 heteroatoms. The van der Waals surface area contributed by atoms with Crippen LogP contribution in [-0.4, -0.2) is 23.9 Å². The average Bonchev–Trinajstić information content (AvgIpc) is 2.72. The van der Waals surface area contributed by atoms with E-state index in [2.05, 4.69) is 0 Å². The second-order valence-corrected chi connectivity index (χ2v) is 4.63. The summed E-state index contributed by atoms with van der Waals surface area (Å²) in [5.41, 5.74) is 0.209. The van der Waals surface area contributed by atoms with Gasteiger partial charge in [-0.25, -0.2) is 0 Å². The summed E-state index contributed by atoms with van der Waals surface area (Å²) >= 11 is 0. The van der Waals surface area contributed by atoms with Crippen molar-refractivity contribution in [3.63, 3.8) is 0 Å². The monoisotopic (exact) mass is 168 g/mol. The van der Waals surface area contributed by atoms with Crippen LogP contribution in [0.4, 0.5) is 0 Å². The average molecular weight is 168 g/mol. The molecule has 1 spiro atoms. The lowest BCUT2D eigenvalue weighted by atomic mass is 9.56. The SMILES string of the molecule is O[C@@H]1[C@H]2CCO[C@@H]2C12CCCC2. The van der Waals surface area contributed by atoms with E-state index in [0.717, 1.165) is 13.0 Å². The number of fused-ring (bicyclic) bond motifs is 2. The molecule has 1 aliphatic heterocycles. The molecule has 3 atom stereocenters. The van der Waals surface area contributed by atoms with E-state index in [0.29, 0.717) is 12.0 Å². The Morgan fingerprint density at radius 2 is 2.00 bits per heavy atom. The molecule has 12 heavy (non-hydrogen) atoms. The van der Waals surface area contributed by atoms with Crippen molar-refractivity contribution in [3.8, 4) is 0 Å². The minimum Gasteiger partial charge on any atom is -0.392 e. The standard InChI is InChI=1S/C10H16O2/c11-8-7-3-6-12-9(7)10(8)4-1-2-5-10/h7-9,11H,1-6H2/t7-,8-,9+/m1/s1. The second kappa shape index (κ2) is 2.24. The summed E-state index contributed by atoms with van der Waals surface area (Å²) in [6.07, 6.45) is 6.48. The highest BCUT2D eigenvalue weighted by molar-refractivity contribution is 5.13. The van der Waals surface area contributed by atoms with Crippen molar-refractivity contribution in [3.05, 3.63) is 0 Å². The number of aliphatic hydroxyl groups excluding tert-OH is 1. The van der Waals surface area contributed by atoms with E-state index >= 15 is 0 Å². The van der Waals surface area contributed by atoms with Gasteiger partial charge in [0.2, 0.25) is 0 Å². The van der Waals surface area contributed by atoms with Crippen molar-refractivity contribution >= 4 is 0 Å². The predicted octanol–water partition coefficient (Wildman–Crippen LogP) is 1.33. The van der Waals surface area contributed by atoms with E-state index in [9.17, 15) is 5.11 Å². The van der Waals surface area contributed by atoms with Gasteiger partial charge in [0.15, 0.2) is 0 Å². The summed E-state index contributed by atoms with van der Waals surface area (Å²) < 4.78 is 5.70. The Kier molecular flexibility index (Phi) is 1.37. The fourth-order valence-electron chi connectivity index (χ4n) is 3.61. The molecule has 1 N–H and O–H groups in total. The molecule has 0 amide bonds. The van der Waals surface area contributed by atoms with Crippen LogP contribution < -0.4 is 0 Å². The molecule has 68 valence electrons. The van der Waals surface area contributed by atoms with Gasteiger partial charge >= 0.3 is 0 Å². The van der Waals surface area contributed by atoms with Gasteiger partial charge in [0.05, 0.1) is 12.2 Å². The van der Waals surface area contributed by atoms with Gasteiger partial charge in [-0.15, -0.1) is 0 Å². The lowest BCUT2D eigenvalue weighted by Crippen LogP contribution is -2.61. The van der Waals surface area contributed by atoms with Crippen molar-refractivity contribution in [2.24, 2.45) is 11.3 Å². The smallest absolute Gasteiger partial charge is 0.0709 e. The summed E-state index contributed by atoms with van der Waals surface area (Å²) in [6, 6.07) is 0. The van der Waals surface area contributed by atoms with E-state index in [-0.39, 0.29) is 11.5 Å². The van der Waals surface area contributed by atoms with E-state index < -0.39 is 0 Å². The summed E-state index contributed by atoms with van der Waals surface area (Å²) in [6.45, 7) is 0.883. The first-order valence-corrected chi connectivity index (χ1v) is 5.14. The molecule has 2 aliphatic carbocycles. The molecule has 2 saturated carbocycles. The van der Waals surface area contributed by atoms with Crippen LogP contribution in [0.3, 0.4) is 0 Å². The molecule has 0 bridgehead atoms. The van der Waals surface area contributed by atoms with Gasteiger partial charge in [0.25, 0.3) is 0 Å². The number of hydrogen-bond acceptors (Lipinski definition) is 2.